The molecule has 4 aromatic rings. The van der Waals surface area contributed by atoms with Crippen LogP contribution < -0.4 is 14.3 Å². The molecule has 0 aliphatic rings. The SMILES string of the molecule is COc1ccc2c(c1)sc(=NC(=O)c1cc3ccccc3cc1OC)n2CCSC. The van der Waals surface area contributed by atoms with Crippen molar-refractivity contribution in [2.75, 3.05) is 26.2 Å². The van der Waals surface area contributed by atoms with Crippen molar-refractivity contribution in [2.45, 2.75) is 6.54 Å². The Morgan fingerprint density at radius 3 is 2.53 bits per heavy atom. The number of amides is 1. The van der Waals surface area contributed by atoms with Crippen LogP contribution in [0.2, 0.25) is 0 Å². The van der Waals surface area contributed by atoms with Crippen molar-refractivity contribution in [1.82, 2.24) is 4.57 Å². The highest BCUT2D eigenvalue weighted by Gasteiger charge is 2.15. The summed E-state index contributed by atoms with van der Waals surface area (Å²) in [5.41, 5.74) is 1.51. The molecule has 0 fully saturated rings. The molecule has 0 atom stereocenters. The molecule has 0 saturated heterocycles. The number of hydrogen-bond donors (Lipinski definition) is 0. The van der Waals surface area contributed by atoms with Crippen LogP contribution in [0.25, 0.3) is 21.0 Å². The van der Waals surface area contributed by atoms with Gasteiger partial charge >= 0.3 is 0 Å². The van der Waals surface area contributed by atoms with Gasteiger partial charge in [-0.3, -0.25) is 4.79 Å². The number of thioether (sulfide) groups is 1. The van der Waals surface area contributed by atoms with Crippen LogP contribution >= 0.6 is 23.1 Å². The summed E-state index contributed by atoms with van der Waals surface area (Å²) in [5.74, 6) is 1.93. The zero-order chi connectivity index (χ0) is 21.1. The summed E-state index contributed by atoms with van der Waals surface area (Å²) in [6.07, 6.45) is 2.07. The van der Waals surface area contributed by atoms with Crippen molar-refractivity contribution in [3.8, 4) is 11.5 Å². The molecule has 0 aliphatic carbocycles. The van der Waals surface area contributed by atoms with Crippen molar-refractivity contribution in [2.24, 2.45) is 4.99 Å². The predicted molar refractivity (Wildman–Crippen MR) is 125 cm³/mol. The number of aromatic nitrogens is 1. The van der Waals surface area contributed by atoms with Gasteiger partial charge in [0.25, 0.3) is 5.91 Å². The van der Waals surface area contributed by atoms with Gasteiger partial charge in [0.05, 0.1) is 30.0 Å². The minimum absolute atomic E-state index is 0.311. The first kappa shape index (κ1) is 20.5. The van der Waals surface area contributed by atoms with Gasteiger partial charge in [0.2, 0.25) is 0 Å². The molecule has 0 unspecified atom stereocenters. The fourth-order valence-electron chi connectivity index (χ4n) is 3.37. The summed E-state index contributed by atoms with van der Waals surface area (Å²) in [7, 11) is 3.22. The molecule has 3 aromatic carbocycles. The number of nitrogens with zero attached hydrogens (tertiary/aromatic N) is 2. The molecule has 30 heavy (non-hydrogen) atoms. The molecule has 0 spiro atoms. The van der Waals surface area contributed by atoms with Gasteiger partial charge in [-0.2, -0.15) is 16.8 Å². The van der Waals surface area contributed by atoms with Gasteiger partial charge in [0.1, 0.15) is 11.5 Å². The molecule has 154 valence electrons. The zero-order valence-corrected chi connectivity index (χ0v) is 18.7. The first-order chi connectivity index (χ1) is 14.6. The van der Waals surface area contributed by atoms with Crippen LogP contribution in [0.4, 0.5) is 0 Å². The number of carbonyl (C=O) groups excluding carboxylic acids is 1. The third kappa shape index (κ3) is 3.95. The van der Waals surface area contributed by atoms with Gasteiger partial charge in [-0.25, -0.2) is 0 Å². The van der Waals surface area contributed by atoms with Crippen LogP contribution in [0.5, 0.6) is 11.5 Å². The monoisotopic (exact) mass is 438 g/mol. The second kappa shape index (κ2) is 8.93. The summed E-state index contributed by atoms with van der Waals surface area (Å²) >= 11 is 3.25. The Kier molecular flexibility index (Phi) is 6.11. The molecule has 0 aliphatic heterocycles. The lowest BCUT2D eigenvalue weighted by molar-refractivity contribution is 0.0995. The normalized spacial score (nSPS) is 11.9. The van der Waals surface area contributed by atoms with E-state index >= 15 is 0 Å². The topological polar surface area (TPSA) is 52.8 Å². The summed E-state index contributed by atoms with van der Waals surface area (Å²) in [6, 6.07) is 17.6. The Bertz CT molecular complexity index is 1290. The number of aryl methyl sites for hydroxylation is 1. The fourth-order valence-corrected chi connectivity index (χ4v) is 4.82. The molecule has 1 heterocycles. The number of hydrogen-bond acceptors (Lipinski definition) is 5. The maximum atomic E-state index is 13.2. The average molecular weight is 439 g/mol. The minimum atomic E-state index is -0.311. The van der Waals surface area contributed by atoms with E-state index in [0.717, 1.165) is 39.0 Å². The number of benzene rings is 3. The Morgan fingerprint density at radius 2 is 1.83 bits per heavy atom. The molecule has 0 N–H and O–H groups in total. The van der Waals surface area contributed by atoms with E-state index in [1.165, 1.54) is 11.3 Å². The number of thiazole rings is 1. The highest BCUT2D eigenvalue weighted by molar-refractivity contribution is 7.98. The van der Waals surface area contributed by atoms with E-state index in [-0.39, 0.29) is 5.91 Å². The first-order valence-corrected chi connectivity index (χ1v) is 11.7. The Balaban J connectivity index is 1.86. The van der Waals surface area contributed by atoms with E-state index < -0.39 is 0 Å². The van der Waals surface area contributed by atoms with Crippen molar-refractivity contribution in [3.05, 3.63) is 65.0 Å². The second-order valence-corrected chi connectivity index (χ2v) is 8.67. The molecule has 0 saturated carbocycles. The summed E-state index contributed by atoms with van der Waals surface area (Å²) in [4.78, 5) is 18.4. The molecule has 1 aromatic heterocycles. The average Bonchev–Trinajstić information content (AvgIpc) is 3.12. The van der Waals surface area contributed by atoms with Crippen molar-refractivity contribution >= 4 is 50.0 Å². The minimum Gasteiger partial charge on any atom is -0.497 e. The van der Waals surface area contributed by atoms with Crippen LogP contribution in [0.15, 0.2) is 59.6 Å². The fraction of sp³-hybridized carbons (Fsp3) is 0.217. The van der Waals surface area contributed by atoms with Crippen LogP contribution in [0, 0.1) is 0 Å². The van der Waals surface area contributed by atoms with Crippen LogP contribution in [0.1, 0.15) is 10.4 Å². The van der Waals surface area contributed by atoms with E-state index in [2.05, 4.69) is 15.8 Å². The highest BCUT2D eigenvalue weighted by Crippen LogP contribution is 2.27. The largest absolute Gasteiger partial charge is 0.497 e. The third-order valence-corrected chi connectivity index (χ3v) is 6.54. The quantitative estimate of drug-likeness (QED) is 0.426. The van der Waals surface area contributed by atoms with Gasteiger partial charge in [-0.1, -0.05) is 35.6 Å². The molecular weight excluding hydrogens is 416 g/mol. The van der Waals surface area contributed by atoms with Crippen LogP contribution in [-0.2, 0) is 6.54 Å². The lowest BCUT2D eigenvalue weighted by atomic mass is 10.1. The molecule has 4 rings (SSSR count). The van der Waals surface area contributed by atoms with Gasteiger partial charge in [0.15, 0.2) is 4.80 Å². The number of rotatable bonds is 6. The smallest absolute Gasteiger partial charge is 0.283 e. The predicted octanol–water partition coefficient (Wildman–Crippen LogP) is 4.98. The van der Waals surface area contributed by atoms with Crippen LogP contribution in [-0.4, -0.2) is 36.7 Å². The van der Waals surface area contributed by atoms with Crippen LogP contribution in [0.3, 0.4) is 0 Å². The molecule has 0 radical (unpaired) electrons. The third-order valence-electron chi connectivity index (χ3n) is 4.90. The summed E-state index contributed by atoms with van der Waals surface area (Å²) < 4.78 is 14.0. The Hall–Kier alpha value is -2.77. The van der Waals surface area contributed by atoms with E-state index in [0.29, 0.717) is 16.1 Å². The molecule has 7 heteroatoms. The van der Waals surface area contributed by atoms with E-state index in [1.807, 2.05) is 54.6 Å². The Morgan fingerprint density at radius 1 is 1.07 bits per heavy atom. The molecule has 1 amide bonds. The van der Waals surface area contributed by atoms with Gasteiger partial charge in [-0.15, -0.1) is 0 Å². The maximum Gasteiger partial charge on any atom is 0.283 e. The molecule has 5 nitrogen and oxygen atoms in total. The van der Waals surface area contributed by atoms with Crippen molar-refractivity contribution in [1.29, 1.82) is 0 Å². The van der Waals surface area contributed by atoms with Gasteiger partial charge < -0.3 is 14.0 Å². The van der Waals surface area contributed by atoms with E-state index in [1.54, 1.807) is 26.0 Å². The number of carbonyl (C=O) groups is 1. The van der Waals surface area contributed by atoms with E-state index in [4.69, 9.17) is 9.47 Å². The summed E-state index contributed by atoms with van der Waals surface area (Å²) in [5, 5.41) is 2.00. The molecule has 0 bridgehead atoms. The lowest BCUT2D eigenvalue weighted by Crippen LogP contribution is -2.18. The van der Waals surface area contributed by atoms with Gasteiger partial charge in [0, 0.05) is 12.3 Å². The number of methoxy groups -OCH3 is 2. The molecular formula is C23H22N2O3S2. The lowest BCUT2D eigenvalue weighted by Gasteiger charge is -2.08. The second-order valence-electron chi connectivity index (χ2n) is 6.68. The number of fused-ring (bicyclic) bond motifs is 2. The standard InChI is InChI=1S/C23H22N2O3S2/c1-27-17-8-9-19-21(14-17)30-23(25(19)10-11-29-3)24-22(26)18-12-15-6-4-5-7-16(15)13-20(18)28-2/h4-9,12-14H,10-11H2,1-3H3. The van der Waals surface area contributed by atoms with Crippen molar-refractivity contribution in [3.63, 3.8) is 0 Å². The zero-order valence-electron chi connectivity index (χ0n) is 17.0. The highest BCUT2D eigenvalue weighted by atomic mass is 32.2. The first-order valence-electron chi connectivity index (χ1n) is 9.46. The van der Waals surface area contributed by atoms with Gasteiger partial charge in [-0.05, 0) is 47.4 Å². The van der Waals surface area contributed by atoms with E-state index in [9.17, 15) is 4.79 Å². The number of ether oxygens (including phenoxy) is 2. The maximum absolute atomic E-state index is 13.2. The summed E-state index contributed by atoms with van der Waals surface area (Å²) in [6.45, 7) is 0.772. The van der Waals surface area contributed by atoms with Crippen molar-refractivity contribution < 1.29 is 14.3 Å². The Labute approximate surface area is 183 Å².